The Bertz CT molecular complexity index is 1200. The second kappa shape index (κ2) is 7.91. The minimum atomic E-state index is -0.882. The fraction of sp³-hybridized carbons (Fsp3) is 0.393. The summed E-state index contributed by atoms with van der Waals surface area (Å²) in [7, 11) is 0. The predicted octanol–water partition coefficient (Wildman–Crippen LogP) is 4.67. The Morgan fingerprint density at radius 1 is 1.00 bits per heavy atom. The normalized spacial score (nSPS) is 31.3. The standard InChI is InChI=1S/C28H27BrN2O3/c1-14-11-22(15(2)10-21(14)29)30-26(32)23(12-16-6-4-3-5-7-16)31-27(33)24-17-8-9-18(20-13-19(17)20)25(24)28(31)34/h3-11,17-20,23-25H,12-13H2,1-2H3,(H,30,32)/t17-,18-,19-,20-,23-,24+,25+/m1/s1. The van der Waals surface area contributed by atoms with Gasteiger partial charge >= 0.3 is 0 Å². The van der Waals surface area contributed by atoms with Gasteiger partial charge in [-0.15, -0.1) is 0 Å². The molecule has 5 nitrogen and oxygen atoms in total. The molecule has 3 fully saturated rings. The number of imide groups is 1. The Morgan fingerprint density at radius 2 is 1.62 bits per heavy atom. The number of hydrogen-bond donors (Lipinski definition) is 1. The van der Waals surface area contributed by atoms with Crippen LogP contribution in [0.3, 0.4) is 0 Å². The van der Waals surface area contributed by atoms with Gasteiger partial charge in [0.2, 0.25) is 17.7 Å². The van der Waals surface area contributed by atoms with Crippen molar-refractivity contribution in [2.75, 3.05) is 5.32 Å². The van der Waals surface area contributed by atoms with Crippen LogP contribution in [0.5, 0.6) is 0 Å². The highest BCUT2D eigenvalue weighted by Crippen LogP contribution is 2.65. The highest BCUT2D eigenvalue weighted by Gasteiger charge is 2.67. The molecule has 3 amide bonds. The Labute approximate surface area is 207 Å². The van der Waals surface area contributed by atoms with Gasteiger partial charge in [-0.2, -0.15) is 0 Å². The van der Waals surface area contributed by atoms with E-state index >= 15 is 0 Å². The van der Waals surface area contributed by atoms with Crippen molar-refractivity contribution in [3.8, 4) is 0 Å². The zero-order chi connectivity index (χ0) is 23.7. The molecule has 2 saturated carbocycles. The van der Waals surface area contributed by atoms with Crippen molar-refractivity contribution in [3.63, 3.8) is 0 Å². The van der Waals surface area contributed by atoms with Crippen LogP contribution in [0.2, 0.25) is 0 Å². The maximum absolute atomic E-state index is 13.7. The van der Waals surface area contributed by atoms with Gasteiger partial charge in [0, 0.05) is 16.6 Å². The van der Waals surface area contributed by atoms with Gasteiger partial charge in [-0.25, -0.2) is 0 Å². The Kier molecular flexibility index (Phi) is 5.07. The third-order valence-electron chi connectivity index (χ3n) is 8.35. The minimum absolute atomic E-state index is 0.137. The molecule has 7 rings (SSSR count). The quantitative estimate of drug-likeness (QED) is 0.462. The van der Waals surface area contributed by atoms with Crippen LogP contribution >= 0.6 is 15.9 Å². The Hall–Kier alpha value is -2.73. The molecule has 4 aliphatic carbocycles. The third kappa shape index (κ3) is 3.29. The number of amides is 3. The van der Waals surface area contributed by atoms with Crippen LogP contribution in [0, 0.1) is 49.4 Å². The average molecular weight is 519 g/mol. The van der Waals surface area contributed by atoms with E-state index < -0.39 is 6.04 Å². The molecule has 0 spiro atoms. The van der Waals surface area contributed by atoms with Gasteiger partial charge in [0.05, 0.1) is 11.8 Å². The molecule has 2 bridgehead atoms. The zero-order valence-corrected chi connectivity index (χ0v) is 20.8. The van der Waals surface area contributed by atoms with Crippen LogP contribution in [-0.4, -0.2) is 28.7 Å². The lowest BCUT2D eigenvalue weighted by Gasteiger charge is -2.37. The summed E-state index contributed by atoms with van der Waals surface area (Å²) in [6, 6.07) is 12.6. The first kappa shape index (κ1) is 21.8. The number of likely N-dealkylation sites (tertiary alicyclic amines) is 1. The molecule has 2 aromatic carbocycles. The maximum atomic E-state index is 13.7. The summed E-state index contributed by atoms with van der Waals surface area (Å²) < 4.78 is 0.972. The van der Waals surface area contributed by atoms with Crippen LogP contribution in [0.25, 0.3) is 0 Å². The number of carbonyl (C=O) groups excluding carboxylic acids is 3. The molecule has 0 radical (unpaired) electrons. The van der Waals surface area contributed by atoms with Crippen molar-refractivity contribution in [1.29, 1.82) is 0 Å². The molecular weight excluding hydrogens is 492 g/mol. The number of nitrogens with one attached hydrogen (secondary N) is 1. The lowest BCUT2D eigenvalue weighted by Crippen LogP contribution is -2.49. The van der Waals surface area contributed by atoms with Gasteiger partial charge in [-0.1, -0.05) is 58.4 Å². The summed E-state index contributed by atoms with van der Waals surface area (Å²) >= 11 is 3.53. The van der Waals surface area contributed by atoms with Gasteiger partial charge in [0.15, 0.2) is 0 Å². The van der Waals surface area contributed by atoms with Crippen molar-refractivity contribution in [2.24, 2.45) is 35.5 Å². The molecule has 1 heterocycles. The lowest BCUT2D eigenvalue weighted by atomic mass is 9.63. The van der Waals surface area contributed by atoms with Crippen molar-refractivity contribution in [2.45, 2.75) is 32.7 Å². The van der Waals surface area contributed by atoms with Crippen LogP contribution in [0.1, 0.15) is 23.1 Å². The fourth-order valence-electron chi connectivity index (χ4n) is 6.56. The second-order valence-corrected chi connectivity index (χ2v) is 11.2. The van der Waals surface area contributed by atoms with Crippen molar-refractivity contribution in [3.05, 3.63) is 75.8 Å². The topological polar surface area (TPSA) is 66.5 Å². The molecule has 1 N–H and O–H groups in total. The van der Waals surface area contributed by atoms with Crippen LogP contribution in [0.4, 0.5) is 5.69 Å². The van der Waals surface area contributed by atoms with Gasteiger partial charge in [0.1, 0.15) is 6.04 Å². The monoisotopic (exact) mass is 518 g/mol. The molecule has 6 heteroatoms. The summed E-state index contributed by atoms with van der Waals surface area (Å²) in [5.41, 5.74) is 3.54. The molecule has 1 aliphatic heterocycles. The molecule has 34 heavy (non-hydrogen) atoms. The molecule has 7 atom stereocenters. The van der Waals surface area contributed by atoms with E-state index in [1.807, 2.05) is 56.3 Å². The average Bonchev–Trinajstić information content (AvgIpc) is 3.60. The molecule has 2 aromatic rings. The fourth-order valence-corrected chi connectivity index (χ4v) is 7.02. The van der Waals surface area contributed by atoms with Crippen molar-refractivity contribution >= 4 is 39.3 Å². The smallest absolute Gasteiger partial charge is 0.248 e. The molecule has 174 valence electrons. The number of nitrogens with zero attached hydrogens (tertiary/aromatic N) is 1. The van der Waals surface area contributed by atoms with Crippen LogP contribution in [0.15, 0.2) is 59.1 Å². The number of halogens is 1. The molecule has 0 unspecified atom stereocenters. The maximum Gasteiger partial charge on any atom is 0.248 e. The zero-order valence-electron chi connectivity index (χ0n) is 19.2. The van der Waals surface area contributed by atoms with Crippen LogP contribution < -0.4 is 5.32 Å². The largest absolute Gasteiger partial charge is 0.324 e. The Morgan fingerprint density at radius 3 is 2.24 bits per heavy atom. The number of anilines is 1. The van der Waals surface area contributed by atoms with Crippen molar-refractivity contribution < 1.29 is 14.4 Å². The first-order valence-electron chi connectivity index (χ1n) is 12.0. The predicted molar refractivity (Wildman–Crippen MR) is 133 cm³/mol. The van der Waals surface area contributed by atoms with Crippen molar-refractivity contribution in [1.82, 2.24) is 4.90 Å². The number of aryl methyl sites for hydroxylation is 2. The van der Waals surface area contributed by atoms with E-state index in [9.17, 15) is 14.4 Å². The summed E-state index contributed by atoms with van der Waals surface area (Å²) in [5.74, 6) is 0.0587. The van der Waals surface area contributed by atoms with E-state index in [-0.39, 0.29) is 41.4 Å². The third-order valence-corrected chi connectivity index (χ3v) is 9.20. The Balaban J connectivity index is 1.34. The van der Waals surface area contributed by atoms with Crippen LogP contribution in [-0.2, 0) is 20.8 Å². The number of rotatable bonds is 5. The van der Waals surface area contributed by atoms with E-state index in [2.05, 4.69) is 33.4 Å². The van der Waals surface area contributed by atoms with Gasteiger partial charge in [-0.3, -0.25) is 19.3 Å². The number of allylic oxidation sites excluding steroid dienone is 2. The summed E-state index contributed by atoms with van der Waals surface area (Å²) in [6.07, 6.45) is 5.74. The first-order chi connectivity index (χ1) is 16.3. The van der Waals surface area contributed by atoms with E-state index in [0.717, 1.165) is 27.6 Å². The lowest BCUT2D eigenvalue weighted by molar-refractivity contribution is -0.146. The number of hydrogen-bond acceptors (Lipinski definition) is 3. The SMILES string of the molecule is Cc1cc(NC(=O)[C@@H](Cc2ccccc2)N2C(=O)[C@H]3[C@@H]4C=C[C@H]([C@H]5C[C@H]45)[C@@H]3C2=O)c(C)cc1Br. The van der Waals surface area contributed by atoms with Gasteiger partial charge in [-0.05, 0) is 72.8 Å². The summed E-state index contributed by atoms with van der Waals surface area (Å²) in [6.45, 7) is 3.90. The molecule has 0 aromatic heterocycles. The molecular formula is C28H27BrN2O3. The highest BCUT2D eigenvalue weighted by atomic mass is 79.9. The molecule has 1 saturated heterocycles. The van der Waals surface area contributed by atoms with E-state index in [1.54, 1.807) is 0 Å². The minimum Gasteiger partial charge on any atom is -0.324 e. The summed E-state index contributed by atoms with van der Waals surface area (Å²) in [4.78, 5) is 42.5. The highest BCUT2D eigenvalue weighted by molar-refractivity contribution is 9.10. The number of carbonyl (C=O) groups is 3. The van der Waals surface area contributed by atoms with Gasteiger partial charge < -0.3 is 5.32 Å². The second-order valence-electron chi connectivity index (χ2n) is 10.3. The first-order valence-corrected chi connectivity index (χ1v) is 12.8. The van der Waals surface area contributed by atoms with E-state index in [1.165, 1.54) is 4.90 Å². The summed E-state index contributed by atoms with van der Waals surface area (Å²) in [5, 5.41) is 3.03. The van der Waals surface area contributed by atoms with E-state index in [0.29, 0.717) is 23.9 Å². The molecule has 5 aliphatic rings. The number of benzene rings is 2. The van der Waals surface area contributed by atoms with E-state index in [4.69, 9.17) is 0 Å². The van der Waals surface area contributed by atoms with Gasteiger partial charge in [0.25, 0.3) is 0 Å².